The van der Waals surface area contributed by atoms with Crippen LogP contribution >= 0.6 is 0 Å². The Bertz CT molecular complexity index is 449. The second kappa shape index (κ2) is 7.50. The molecule has 1 atom stereocenters. The summed E-state index contributed by atoms with van der Waals surface area (Å²) in [5, 5.41) is 5.31. The molecule has 0 saturated carbocycles. The van der Waals surface area contributed by atoms with E-state index in [1.165, 1.54) is 7.11 Å². The summed E-state index contributed by atoms with van der Waals surface area (Å²) in [6, 6.07) is 5.99. The number of carbonyl (C=O) groups excluding carboxylic acids is 2. The van der Waals surface area contributed by atoms with Crippen molar-refractivity contribution in [3.63, 3.8) is 0 Å². The van der Waals surface area contributed by atoms with Gasteiger partial charge in [0, 0.05) is 13.7 Å². The second-order valence-electron chi connectivity index (χ2n) is 3.96. The number of anilines is 1. The third kappa shape index (κ3) is 4.35. The molecule has 1 rings (SSSR count). The minimum Gasteiger partial charge on any atom is -0.383 e. The number of nitrogens with one attached hydrogen (secondary N) is 2. The largest absolute Gasteiger partial charge is 0.383 e. The van der Waals surface area contributed by atoms with Crippen LogP contribution in [0.5, 0.6) is 0 Å². The summed E-state index contributed by atoms with van der Waals surface area (Å²) < 4.78 is 4.81. The Balaban J connectivity index is 2.83. The van der Waals surface area contributed by atoms with Crippen LogP contribution in [0.2, 0.25) is 0 Å². The monoisotopic (exact) mass is 265 g/mol. The molecule has 1 unspecified atom stereocenters. The van der Waals surface area contributed by atoms with Crippen LogP contribution < -0.4 is 16.4 Å². The highest BCUT2D eigenvalue weighted by molar-refractivity contribution is 6.04. The minimum absolute atomic E-state index is 0.120. The number of hydrogen-bond acceptors (Lipinski definition) is 4. The van der Waals surface area contributed by atoms with Gasteiger partial charge in [-0.2, -0.15) is 0 Å². The average Bonchev–Trinajstić information content (AvgIpc) is 2.39. The molecule has 1 aromatic carbocycles. The Morgan fingerprint density at radius 3 is 2.68 bits per heavy atom. The van der Waals surface area contributed by atoms with E-state index in [0.717, 1.165) is 0 Å². The molecule has 2 amide bonds. The third-order valence-electron chi connectivity index (χ3n) is 2.45. The van der Waals surface area contributed by atoms with Crippen molar-refractivity contribution in [2.45, 2.75) is 13.0 Å². The van der Waals surface area contributed by atoms with E-state index >= 15 is 0 Å². The van der Waals surface area contributed by atoms with Crippen molar-refractivity contribution in [2.75, 3.05) is 25.6 Å². The number of amides is 2. The molecule has 6 nitrogen and oxygen atoms in total. The highest BCUT2D eigenvalue weighted by atomic mass is 16.5. The lowest BCUT2D eigenvalue weighted by Crippen LogP contribution is -2.39. The summed E-state index contributed by atoms with van der Waals surface area (Å²) >= 11 is 0. The molecule has 0 aliphatic rings. The van der Waals surface area contributed by atoms with Crippen molar-refractivity contribution in [3.05, 3.63) is 29.8 Å². The molecule has 0 bridgehead atoms. The molecule has 0 spiro atoms. The van der Waals surface area contributed by atoms with Crippen molar-refractivity contribution in [2.24, 2.45) is 5.73 Å². The summed E-state index contributed by atoms with van der Waals surface area (Å²) in [6.07, 6.45) is 0. The van der Waals surface area contributed by atoms with Gasteiger partial charge in [-0.05, 0) is 19.1 Å². The van der Waals surface area contributed by atoms with Gasteiger partial charge in [-0.25, -0.2) is 0 Å². The van der Waals surface area contributed by atoms with Gasteiger partial charge in [0.1, 0.15) is 6.04 Å². The van der Waals surface area contributed by atoms with Crippen molar-refractivity contribution >= 4 is 17.5 Å². The van der Waals surface area contributed by atoms with Gasteiger partial charge < -0.3 is 21.1 Å². The molecular weight excluding hydrogens is 246 g/mol. The fourth-order valence-electron chi connectivity index (χ4n) is 1.53. The lowest BCUT2D eigenvalue weighted by molar-refractivity contribution is -0.118. The first-order valence-electron chi connectivity index (χ1n) is 6.02. The Kier molecular flexibility index (Phi) is 5.98. The summed E-state index contributed by atoms with van der Waals surface area (Å²) in [6.45, 7) is 2.47. The van der Waals surface area contributed by atoms with E-state index in [9.17, 15) is 9.59 Å². The van der Waals surface area contributed by atoms with E-state index in [-0.39, 0.29) is 12.5 Å². The average molecular weight is 265 g/mol. The number of rotatable bonds is 6. The molecular formula is C13H19N3O3. The second-order valence-corrected chi connectivity index (χ2v) is 3.96. The number of para-hydroxylation sites is 1. The zero-order valence-corrected chi connectivity index (χ0v) is 11.1. The maximum atomic E-state index is 11.8. The van der Waals surface area contributed by atoms with Crippen molar-refractivity contribution in [1.29, 1.82) is 0 Å². The molecule has 1 aromatic rings. The molecule has 0 aliphatic carbocycles. The molecule has 0 aromatic heterocycles. The Morgan fingerprint density at radius 2 is 2.05 bits per heavy atom. The summed E-state index contributed by atoms with van der Waals surface area (Å²) in [4.78, 5) is 23.6. The lowest BCUT2D eigenvalue weighted by atomic mass is 10.1. The van der Waals surface area contributed by atoms with Crippen LogP contribution in [-0.4, -0.2) is 38.1 Å². The van der Waals surface area contributed by atoms with Gasteiger partial charge in [0.2, 0.25) is 5.91 Å². The minimum atomic E-state index is -0.771. The fraction of sp³-hybridized carbons (Fsp3) is 0.385. The van der Waals surface area contributed by atoms with Gasteiger partial charge in [0.15, 0.2) is 0 Å². The van der Waals surface area contributed by atoms with Gasteiger partial charge in [-0.1, -0.05) is 12.1 Å². The molecule has 0 heterocycles. The van der Waals surface area contributed by atoms with Crippen molar-refractivity contribution in [1.82, 2.24) is 5.32 Å². The van der Waals surface area contributed by atoms with Crippen molar-refractivity contribution in [3.8, 4) is 0 Å². The first-order chi connectivity index (χ1) is 9.10. The Morgan fingerprint density at radius 1 is 1.37 bits per heavy atom. The predicted molar refractivity (Wildman–Crippen MR) is 72.9 cm³/mol. The van der Waals surface area contributed by atoms with E-state index in [0.29, 0.717) is 17.8 Å². The fourth-order valence-corrected chi connectivity index (χ4v) is 1.53. The maximum Gasteiger partial charge on any atom is 0.253 e. The van der Waals surface area contributed by atoms with Crippen LogP contribution in [0.1, 0.15) is 17.3 Å². The van der Waals surface area contributed by atoms with Gasteiger partial charge in [-0.3, -0.25) is 9.59 Å². The molecule has 0 saturated heterocycles. The van der Waals surface area contributed by atoms with Gasteiger partial charge in [0.25, 0.3) is 5.91 Å². The van der Waals surface area contributed by atoms with E-state index in [2.05, 4.69) is 10.6 Å². The zero-order chi connectivity index (χ0) is 14.3. The topological polar surface area (TPSA) is 93.5 Å². The molecule has 4 N–H and O–H groups in total. The molecule has 0 radical (unpaired) electrons. The molecule has 0 aliphatic heterocycles. The highest BCUT2D eigenvalue weighted by Crippen LogP contribution is 2.15. The summed E-state index contributed by atoms with van der Waals surface area (Å²) in [7, 11) is 1.47. The number of benzene rings is 1. The van der Waals surface area contributed by atoms with Gasteiger partial charge in [-0.15, -0.1) is 0 Å². The maximum absolute atomic E-state index is 11.8. The van der Waals surface area contributed by atoms with Crippen molar-refractivity contribution < 1.29 is 14.3 Å². The quantitative estimate of drug-likeness (QED) is 0.692. The molecule has 19 heavy (non-hydrogen) atoms. The van der Waals surface area contributed by atoms with Crippen LogP contribution in [0.3, 0.4) is 0 Å². The first kappa shape index (κ1) is 15.1. The number of carbonyl (C=O) groups is 2. The number of methoxy groups -OCH3 is 1. The standard InChI is InChI=1S/C13H19N3O3/c1-3-15-12(17)9-6-4-5-7-11(9)16-13(18)10(14)8-19-2/h4-7,10H,3,8,14H2,1-2H3,(H,15,17)(H,16,18). The van der Waals surface area contributed by atoms with Crippen LogP contribution in [0.25, 0.3) is 0 Å². The van der Waals surface area contributed by atoms with E-state index < -0.39 is 11.9 Å². The van der Waals surface area contributed by atoms with Gasteiger partial charge >= 0.3 is 0 Å². The number of hydrogen-bond donors (Lipinski definition) is 3. The first-order valence-corrected chi connectivity index (χ1v) is 6.02. The third-order valence-corrected chi connectivity index (χ3v) is 2.45. The summed E-state index contributed by atoms with van der Waals surface area (Å²) in [5.74, 6) is -0.627. The smallest absolute Gasteiger partial charge is 0.253 e. The van der Waals surface area contributed by atoms with Crippen LogP contribution in [0, 0.1) is 0 Å². The van der Waals surface area contributed by atoms with Crippen LogP contribution in [-0.2, 0) is 9.53 Å². The van der Waals surface area contributed by atoms with Gasteiger partial charge in [0.05, 0.1) is 17.9 Å². The van der Waals surface area contributed by atoms with E-state index in [1.807, 2.05) is 6.92 Å². The lowest BCUT2D eigenvalue weighted by Gasteiger charge is -2.14. The SMILES string of the molecule is CCNC(=O)c1ccccc1NC(=O)C(N)COC. The Hall–Kier alpha value is -1.92. The zero-order valence-electron chi connectivity index (χ0n) is 11.1. The normalized spacial score (nSPS) is 11.7. The van der Waals surface area contributed by atoms with E-state index in [4.69, 9.17) is 10.5 Å². The number of ether oxygens (including phenoxy) is 1. The summed E-state index contributed by atoms with van der Waals surface area (Å²) in [5.41, 5.74) is 6.46. The predicted octanol–water partition coefficient (Wildman–Crippen LogP) is 0.349. The molecule has 0 fully saturated rings. The highest BCUT2D eigenvalue weighted by Gasteiger charge is 2.16. The molecule has 104 valence electrons. The Labute approximate surface area is 112 Å². The number of nitrogens with two attached hydrogens (primary N) is 1. The van der Waals surface area contributed by atoms with E-state index in [1.54, 1.807) is 24.3 Å². The van der Waals surface area contributed by atoms with Crippen LogP contribution in [0.4, 0.5) is 5.69 Å². The van der Waals surface area contributed by atoms with Crippen LogP contribution in [0.15, 0.2) is 24.3 Å². The molecule has 6 heteroatoms.